The summed E-state index contributed by atoms with van der Waals surface area (Å²) in [6.07, 6.45) is 3.67. The van der Waals surface area contributed by atoms with Crippen LogP contribution < -0.4 is 10.6 Å². The molecular weight excluding hydrogens is 376 g/mol. The molecule has 0 spiro atoms. The van der Waals surface area contributed by atoms with Crippen molar-refractivity contribution in [2.45, 2.75) is 19.5 Å². The number of likely N-dealkylation sites (N-methyl/N-ethyl adjacent to an activating group) is 1. The summed E-state index contributed by atoms with van der Waals surface area (Å²) in [6.45, 7) is 2.76. The van der Waals surface area contributed by atoms with Crippen LogP contribution in [0.15, 0.2) is 78.0 Å². The minimum atomic E-state index is -0.0167. The van der Waals surface area contributed by atoms with Crippen molar-refractivity contribution < 1.29 is 4.79 Å². The van der Waals surface area contributed by atoms with E-state index in [4.69, 9.17) is 0 Å². The van der Waals surface area contributed by atoms with Crippen molar-refractivity contribution in [1.82, 2.24) is 25.3 Å². The fraction of sp³-hybridized carbons (Fsp3) is 0.261. The Kier molecular flexibility index (Phi) is 7.21. The van der Waals surface area contributed by atoms with Gasteiger partial charge in [-0.05, 0) is 36.2 Å². The Labute approximate surface area is 177 Å². The summed E-state index contributed by atoms with van der Waals surface area (Å²) in [5.74, 6) is 0.573. The van der Waals surface area contributed by atoms with Crippen LogP contribution in [0, 0.1) is 0 Å². The van der Waals surface area contributed by atoms with E-state index in [1.807, 2.05) is 59.4 Å². The minimum Gasteiger partial charge on any atom is -0.350 e. The molecule has 0 radical (unpaired) electrons. The highest BCUT2D eigenvalue weighted by atomic mass is 16.2. The van der Waals surface area contributed by atoms with Crippen LogP contribution in [0.3, 0.4) is 0 Å². The van der Waals surface area contributed by atoms with Gasteiger partial charge in [0, 0.05) is 26.5 Å². The average Bonchev–Trinajstić information content (AvgIpc) is 3.31. The van der Waals surface area contributed by atoms with Gasteiger partial charge in [0.2, 0.25) is 5.91 Å². The second-order valence-electron chi connectivity index (χ2n) is 7.20. The monoisotopic (exact) mass is 404 g/mol. The lowest BCUT2D eigenvalue weighted by atomic mass is 10.1. The second-order valence-corrected chi connectivity index (χ2v) is 7.20. The number of hydrogen-bond acceptors (Lipinski definition) is 3. The number of carbonyl (C=O) groups excluding carboxylic acids is 1. The summed E-state index contributed by atoms with van der Waals surface area (Å²) in [5, 5.41) is 10.8. The summed E-state index contributed by atoms with van der Waals surface area (Å²) in [4.78, 5) is 18.2. The number of rotatable bonds is 7. The van der Waals surface area contributed by atoms with E-state index in [9.17, 15) is 4.79 Å². The van der Waals surface area contributed by atoms with Gasteiger partial charge in [0.25, 0.3) is 0 Å². The Bertz CT molecular complexity index is 966. The third-order valence-corrected chi connectivity index (χ3v) is 4.66. The van der Waals surface area contributed by atoms with Crippen molar-refractivity contribution in [3.05, 3.63) is 84.2 Å². The molecule has 1 heterocycles. The number of carbonyl (C=O) groups is 1. The maximum absolute atomic E-state index is 12.0. The number of hydrogen-bond donors (Lipinski definition) is 2. The van der Waals surface area contributed by atoms with E-state index in [2.05, 4.69) is 39.8 Å². The smallest absolute Gasteiger partial charge is 0.241 e. The number of aliphatic imine (C=N–C) groups is 1. The van der Waals surface area contributed by atoms with Crippen LogP contribution in [0.25, 0.3) is 5.69 Å². The second kappa shape index (κ2) is 10.2. The SMILES string of the molecule is CC(NC(=NCc1ccccc1)NCC(=O)N(C)C)c1cccc(-n2cccn2)c1. The Morgan fingerprint density at radius 3 is 2.63 bits per heavy atom. The number of guanidine groups is 1. The summed E-state index contributed by atoms with van der Waals surface area (Å²) in [6, 6.07) is 20.1. The highest BCUT2D eigenvalue weighted by Crippen LogP contribution is 2.16. The molecule has 0 aliphatic rings. The molecule has 0 fully saturated rings. The van der Waals surface area contributed by atoms with E-state index in [0.717, 1.165) is 16.8 Å². The zero-order chi connectivity index (χ0) is 21.3. The molecule has 156 valence electrons. The van der Waals surface area contributed by atoms with Gasteiger partial charge < -0.3 is 15.5 Å². The summed E-state index contributed by atoms with van der Waals surface area (Å²) < 4.78 is 1.83. The van der Waals surface area contributed by atoms with Gasteiger partial charge in [-0.1, -0.05) is 42.5 Å². The van der Waals surface area contributed by atoms with E-state index < -0.39 is 0 Å². The first-order chi connectivity index (χ1) is 14.5. The fourth-order valence-electron chi connectivity index (χ4n) is 2.87. The van der Waals surface area contributed by atoms with Crippen molar-refractivity contribution in [3.8, 4) is 5.69 Å². The third kappa shape index (κ3) is 5.94. The number of amides is 1. The molecule has 1 unspecified atom stereocenters. The van der Waals surface area contributed by atoms with Crippen molar-refractivity contribution in [3.63, 3.8) is 0 Å². The highest BCUT2D eigenvalue weighted by molar-refractivity contribution is 5.86. The van der Waals surface area contributed by atoms with Crippen LogP contribution in [0.2, 0.25) is 0 Å². The van der Waals surface area contributed by atoms with E-state index in [0.29, 0.717) is 12.5 Å². The zero-order valence-corrected chi connectivity index (χ0v) is 17.6. The van der Waals surface area contributed by atoms with Gasteiger partial charge in [0.15, 0.2) is 5.96 Å². The standard InChI is InChI=1S/C23H28N6O/c1-18(20-11-7-12-21(15-20)29-14-8-13-26-29)27-23(25-17-22(30)28(2)3)24-16-19-9-5-4-6-10-19/h4-15,18H,16-17H2,1-3H3,(H2,24,25,27). The molecule has 7 heteroatoms. The topological polar surface area (TPSA) is 74.6 Å². The van der Waals surface area contributed by atoms with E-state index >= 15 is 0 Å². The molecule has 0 bridgehead atoms. The average molecular weight is 405 g/mol. The molecule has 2 N–H and O–H groups in total. The van der Waals surface area contributed by atoms with Gasteiger partial charge in [0.1, 0.15) is 0 Å². The van der Waals surface area contributed by atoms with Gasteiger partial charge in [-0.15, -0.1) is 0 Å². The molecule has 7 nitrogen and oxygen atoms in total. The van der Waals surface area contributed by atoms with Crippen molar-refractivity contribution in [1.29, 1.82) is 0 Å². The molecular formula is C23H28N6O. The summed E-state index contributed by atoms with van der Waals surface area (Å²) >= 11 is 0. The van der Waals surface area contributed by atoms with Crippen LogP contribution >= 0.6 is 0 Å². The van der Waals surface area contributed by atoms with Gasteiger partial charge in [0.05, 0.1) is 24.8 Å². The zero-order valence-electron chi connectivity index (χ0n) is 17.6. The summed E-state index contributed by atoms with van der Waals surface area (Å²) in [7, 11) is 3.48. The predicted octanol–water partition coefficient (Wildman–Crippen LogP) is 2.76. The lowest BCUT2D eigenvalue weighted by molar-refractivity contribution is -0.127. The summed E-state index contributed by atoms with van der Waals surface area (Å²) in [5.41, 5.74) is 3.19. The maximum atomic E-state index is 12.0. The van der Waals surface area contributed by atoms with E-state index in [-0.39, 0.29) is 18.5 Å². The van der Waals surface area contributed by atoms with E-state index in [1.165, 1.54) is 0 Å². The Morgan fingerprint density at radius 2 is 1.93 bits per heavy atom. The molecule has 3 aromatic rings. The van der Waals surface area contributed by atoms with Crippen LogP contribution in [-0.2, 0) is 11.3 Å². The molecule has 0 saturated heterocycles. The lowest BCUT2D eigenvalue weighted by Gasteiger charge is -2.20. The normalized spacial score (nSPS) is 12.3. The molecule has 0 saturated carbocycles. The highest BCUT2D eigenvalue weighted by Gasteiger charge is 2.11. The lowest BCUT2D eigenvalue weighted by Crippen LogP contribution is -2.43. The van der Waals surface area contributed by atoms with E-state index in [1.54, 1.807) is 25.2 Å². The predicted molar refractivity (Wildman–Crippen MR) is 119 cm³/mol. The number of nitrogens with zero attached hydrogens (tertiary/aromatic N) is 4. The molecule has 2 aromatic carbocycles. The molecule has 0 aliphatic carbocycles. The molecule has 1 atom stereocenters. The fourth-order valence-corrected chi connectivity index (χ4v) is 2.87. The largest absolute Gasteiger partial charge is 0.350 e. The van der Waals surface area contributed by atoms with Crippen molar-refractivity contribution in [2.24, 2.45) is 4.99 Å². The molecule has 1 amide bonds. The Balaban J connectivity index is 1.74. The van der Waals surface area contributed by atoms with Crippen molar-refractivity contribution in [2.75, 3.05) is 20.6 Å². The number of aromatic nitrogens is 2. The van der Waals surface area contributed by atoms with Gasteiger partial charge in [-0.2, -0.15) is 5.10 Å². The molecule has 1 aromatic heterocycles. The first-order valence-electron chi connectivity index (χ1n) is 9.92. The Morgan fingerprint density at radius 1 is 1.13 bits per heavy atom. The van der Waals surface area contributed by atoms with Crippen LogP contribution in [0.1, 0.15) is 24.1 Å². The van der Waals surface area contributed by atoms with Crippen LogP contribution in [0.5, 0.6) is 0 Å². The maximum Gasteiger partial charge on any atom is 0.241 e. The Hall–Kier alpha value is -3.61. The van der Waals surface area contributed by atoms with Gasteiger partial charge >= 0.3 is 0 Å². The van der Waals surface area contributed by atoms with Gasteiger partial charge in [-0.3, -0.25) is 4.79 Å². The van der Waals surface area contributed by atoms with Crippen molar-refractivity contribution >= 4 is 11.9 Å². The molecule has 30 heavy (non-hydrogen) atoms. The molecule has 0 aliphatic heterocycles. The first-order valence-corrected chi connectivity index (χ1v) is 9.92. The first kappa shape index (κ1) is 21.1. The number of nitrogens with one attached hydrogen (secondary N) is 2. The minimum absolute atomic E-state index is 0.0162. The van der Waals surface area contributed by atoms with Crippen LogP contribution in [-0.4, -0.2) is 47.2 Å². The van der Waals surface area contributed by atoms with Crippen LogP contribution in [0.4, 0.5) is 0 Å². The molecule has 3 rings (SSSR count). The number of benzene rings is 2. The quantitative estimate of drug-likeness (QED) is 0.469. The van der Waals surface area contributed by atoms with Gasteiger partial charge in [-0.25, -0.2) is 9.67 Å². The third-order valence-electron chi connectivity index (χ3n) is 4.66.